The minimum absolute atomic E-state index is 0.391. The summed E-state index contributed by atoms with van der Waals surface area (Å²) in [7, 11) is 0. The molecule has 2 aromatic rings. The van der Waals surface area contributed by atoms with E-state index in [2.05, 4.69) is 10.6 Å². The van der Waals surface area contributed by atoms with Crippen LogP contribution in [0.4, 0.5) is 16.2 Å². The minimum Gasteiger partial charge on any atom is -0.462 e. The predicted octanol–water partition coefficient (Wildman–Crippen LogP) is 4.94. The number of halogens is 1. The smallest absolute Gasteiger partial charge is 0.338 e. The number of unbranched alkanes of at least 4 members (excludes halogenated alkanes) is 1. The van der Waals surface area contributed by atoms with Crippen molar-refractivity contribution in [2.24, 2.45) is 0 Å². The normalized spacial score (nSPS) is 10.1. The molecule has 0 saturated carbocycles. The van der Waals surface area contributed by atoms with Gasteiger partial charge in [-0.3, -0.25) is 0 Å². The summed E-state index contributed by atoms with van der Waals surface area (Å²) >= 11 is 5.87. The number of amides is 2. The number of carbonyl (C=O) groups excluding carboxylic acids is 2. The van der Waals surface area contributed by atoms with E-state index in [1.165, 1.54) is 0 Å². The summed E-state index contributed by atoms with van der Waals surface area (Å²) in [6.07, 6.45) is 1.78. The van der Waals surface area contributed by atoms with Gasteiger partial charge in [0.25, 0.3) is 0 Å². The van der Waals surface area contributed by atoms with E-state index in [0.717, 1.165) is 12.8 Å². The zero-order chi connectivity index (χ0) is 17.4. The molecule has 2 rings (SSSR count). The summed E-state index contributed by atoms with van der Waals surface area (Å²) in [5.41, 5.74) is 1.47. The van der Waals surface area contributed by atoms with Crippen LogP contribution in [0.2, 0.25) is 5.02 Å². The number of urea groups is 1. The quantitative estimate of drug-likeness (QED) is 0.575. The van der Waals surface area contributed by atoms with Crippen LogP contribution in [-0.4, -0.2) is 18.6 Å². The lowest BCUT2D eigenvalue weighted by molar-refractivity contribution is 0.0500. The molecule has 0 unspecified atom stereocenters. The van der Waals surface area contributed by atoms with Crippen LogP contribution < -0.4 is 10.6 Å². The summed E-state index contributed by atoms with van der Waals surface area (Å²) < 4.78 is 5.16. The zero-order valence-electron chi connectivity index (χ0n) is 13.3. The third-order valence-corrected chi connectivity index (χ3v) is 3.40. The molecule has 24 heavy (non-hydrogen) atoms. The number of hydrogen-bond donors (Lipinski definition) is 2. The first-order chi connectivity index (χ1) is 11.6. The molecule has 0 aliphatic heterocycles. The molecule has 2 amide bonds. The van der Waals surface area contributed by atoms with Crippen LogP contribution in [0.3, 0.4) is 0 Å². The number of rotatable bonds is 6. The Morgan fingerprint density at radius 2 is 1.71 bits per heavy atom. The van der Waals surface area contributed by atoms with Crippen molar-refractivity contribution in [1.82, 2.24) is 0 Å². The van der Waals surface area contributed by atoms with Crippen LogP contribution in [0, 0.1) is 0 Å². The lowest BCUT2D eigenvalue weighted by atomic mass is 10.2. The Labute approximate surface area is 146 Å². The van der Waals surface area contributed by atoms with Gasteiger partial charge in [0.15, 0.2) is 0 Å². The summed E-state index contributed by atoms with van der Waals surface area (Å²) in [4.78, 5) is 23.9. The molecule has 0 spiro atoms. The Hall–Kier alpha value is -2.53. The standard InChI is InChI=1S/C18H19ClN2O3/c1-2-3-10-24-17(22)13-6-4-8-15(11-13)20-18(23)21-16-9-5-7-14(19)12-16/h4-9,11-12H,2-3,10H2,1H3,(H2,20,21,23). The van der Waals surface area contributed by atoms with Gasteiger partial charge in [-0.2, -0.15) is 0 Å². The van der Waals surface area contributed by atoms with E-state index in [-0.39, 0.29) is 0 Å². The van der Waals surface area contributed by atoms with Gasteiger partial charge in [-0.05, 0) is 42.8 Å². The maximum absolute atomic E-state index is 12.0. The van der Waals surface area contributed by atoms with Crippen LogP contribution in [0.5, 0.6) is 0 Å². The lowest BCUT2D eigenvalue weighted by Crippen LogP contribution is -2.19. The highest BCUT2D eigenvalue weighted by molar-refractivity contribution is 6.30. The van der Waals surface area contributed by atoms with E-state index >= 15 is 0 Å². The second-order valence-electron chi connectivity index (χ2n) is 5.16. The number of carbonyl (C=O) groups is 2. The molecule has 2 aromatic carbocycles. The fourth-order valence-electron chi connectivity index (χ4n) is 1.98. The Kier molecular flexibility index (Phi) is 6.63. The summed E-state index contributed by atoms with van der Waals surface area (Å²) in [6, 6.07) is 13.0. The average Bonchev–Trinajstić information content (AvgIpc) is 2.55. The molecule has 0 bridgehead atoms. The van der Waals surface area contributed by atoms with Gasteiger partial charge >= 0.3 is 12.0 Å². The molecule has 6 heteroatoms. The van der Waals surface area contributed by atoms with Crippen LogP contribution in [0.15, 0.2) is 48.5 Å². The van der Waals surface area contributed by atoms with Crippen molar-refractivity contribution in [3.05, 3.63) is 59.1 Å². The van der Waals surface area contributed by atoms with E-state index in [1.54, 1.807) is 48.5 Å². The molecule has 0 radical (unpaired) electrons. The van der Waals surface area contributed by atoms with Crippen molar-refractivity contribution < 1.29 is 14.3 Å². The first kappa shape index (κ1) is 17.8. The first-order valence-corrected chi connectivity index (χ1v) is 8.07. The van der Waals surface area contributed by atoms with Crippen molar-refractivity contribution in [2.75, 3.05) is 17.2 Å². The Morgan fingerprint density at radius 1 is 1.04 bits per heavy atom. The SMILES string of the molecule is CCCCOC(=O)c1cccc(NC(=O)Nc2cccc(Cl)c2)c1. The highest BCUT2D eigenvalue weighted by atomic mass is 35.5. The second kappa shape index (κ2) is 8.93. The van der Waals surface area contributed by atoms with Gasteiger partial charge in [0.2, 0.25) is 0 Å². The Balaban J connectivity index is 1.96. The highest BCUT2D eigenvalue weighted by Gasteiger charge is 2.09. The summed E-state index contributed by atoms with van der Waals surface area (Å²) in [5, 5.41) is 5.87. The largest absolute Gasteiger partial charge is 0.462 e. The topological polar surface area (TPSA) is 67.4 Å². The van der Waals surface area contributed by atoms with Crippen molar-refractivity contribution in [1.29, 1.82) is 0 Å². The monoisotopic (exact) mass is 346 g/mol. The van der Waals surface area contributed by atoms with Crippen LogP contribution in [-0.2, 0) is 4.74 Å². The lowest BCUT2D eigenvalue weighted by Gasteiger charge is -2.09. The minimum atomic E-state index is -0.422. The maximum atomic E-state index is 12.0. The predicted molar refractivity (Wildman–Crippen MR) is 95.7 cm³/mol. The molecular weight excluding hydrogens is 328 g/mol. The van der Waals surface area contributed by atoms with Crippen molar-refractivity contribution in [2.45, 2.75) is 19.8 Å². The van der Waals surface area contributed by atoms with Crippen LogP contribution >= 0.6 is 11.6 Å². The molecule has 5 nitrogen and oxygen atoms in total. The number of ether oxygens (including phenoxy) is 1. The number of hydrogen-bond acceptors (Lipinski definition) is 3. The van der Waals surface area contributed by atoms with Crippen molar-refractivity contribution in [3.63, 3.8) is 0 Å². The fraction of sp³-hybridized carbons (Fsp3) is 0.222. The number of nitrogens with one attached hydrogen (secondary N) is 2. The molecule has 126 valence electrons. The van der Waals surface area contributed by atoms with E-state index in [4.69, 9.17) is 16.3 Å². The maximum Gasteiger partial charge on any atom is 0.338 e. The van der Waals surface area contributed by atoms with Crippen molar-refractivity contribution in [3.8, 4) is 0 Å². The summed E-state index contributed by atoms with van der Waals surface area (Å²) in [5.74, 6) is -0.401. The van der Waals surface area contributed by atoms with Gasteiger partial charge in [0.1, 0.15) is 0 Å². The molecule has 0 aliphatic rings. The van der Waals surface area contributed by atoms with Gasteiger partial charge in [-0.25, -0.2) is 9.59 Å². The Bertz CT molecular complexity index is 719. The molecule has 0 fully saturated rings. The molecule has 0 aliphatic carbocycles. The molecule has 0 atom stereocenters. The third-order valence-electron chi connectivity index (χ3n) is 3.17. The number of esters is 1. The van der Waals surface area contributed by atoms with E-state index in [1.807, 2.05) is 6.92 Å². The van der Waals surface area contributed by atoms with E-state index in [9.17, 15) is 9.59 Å². The Morgan fingerprint density at radius 3 is 2.38 bits per heavy atom. The van der Waals surface area contributed by atoms with Gasteiger partial charge in [-0.15, -0.1) is 0 Å². The molecular formula is C18H19ClN2O3. The number of benzene rings is 2. The van der Waals surface area contributed by atoms with E-state index in [0.29, 0.717) is 28.6 Å². The van der Waals surface area contributed by atoms with Gasteiger partial charge in [0.05, 0.1) is 12.2 Å². The number of anilines is 2. The molecule has 0 aromatic heterocycles. The average molecular weight is 347 g/mol. The van der Waals surface area contributed by atoms with Crippen LogP contribution in [0.25, 0.3) is 0 Å². The van der Waals surface area contributed by atoms with Gasteiger partial charge in [0, 0.05) is 16.4 Å². The fourth-order valence-corrected chi connectivity index (χ4v) is 2.17. The zero-order valence-corrected chi connectivity index (χ0v) is 14.1. The molecule has 0 heterocycles. The molecule has 0 saturated heterocycles. The molecule has 2 N–H and O–H groups in total. The van der Waals surface area contributed by atoms with Crippen LogP contribution in [0.1, 0.15) is 30.1 Å². The third kappa shape index (κ3) is 5.59. The first-order valence-electron chi connectivity index (χ1n) is 7.69. The highest BCUT2D eigenvalue weighted by Crippen LogP contribution is 2.16. The summed E-state index contributed by atoms with van der Waals surface area (Å²) in [6.45, 7) is 2.42. The van der Waals surface area contributed by atoms with Gasteiger partial charge < -0.3 is 15.4 Å². The second-order valence-corrected chi connectivity index (χ2v) is 5.60. The van der Waals surface area contributed by atoms with E-state index < -0.39 is 12.0 Å². The van der Waals surface area contributed by atoms with Gasteiger partial charge in [-0.1, -0.05) is 37.1 Å². The van der Waals surface area contributed by atoms with Crippen molar-refractivity contribution >= 4 is 35.0 Å².